The summed E-state index contributed by atoms with van der Waals surface area (Å²) >= 11 is 0. The number of carboxylic acids is 1. The van der Waals surface area contributed by atoms with E-state index in [1.807, 2.05) is 43.3 Å². The van der Waals surface area contributed by atoms with Gasteiger partial charge in [0.05, 0.1) is 17.5 Å². The van der Waals surface area contributed by atoms with Crippen molar-refractivity contribution in [2.45, 2.75) is 40.3 Å². The average molecular weight is 586 g/mol. The van der Waals surface area contributed by atoms with Gasteiger partial charge in [0.25, 0.3) is 0 Å². The number of nitrogens with zero attached hydrogens (tertiary/aromatic N) is 1. The molecule has 0 saturated heterocycles. The van der Waals surface area contributed by atoms with Crippen molar-refractivity contribution in [2.75, 3.05) is 31.6 Å². The molecular formula is C31H34F3N3O5. The smallest absolute Gasteiger partial charge is 0.475 e. The maximum atomic E-state index is 13.1. The zero-order valence-electron chi connectivity index (χ0n) is 23.9. The summed E-state index contributed by atoms with van der Waals surface area (Å²) in [6.07, 6.45) is -4.46. The number of hydrogen-bond acceptors (Lipinski definition) is 7. The van der Waals surface area contributed by atoms with Crippen LogP contribution in [0.3, 0.4) is 0 Å². The molecule has 1 heterocycles. The molecule has 42 heavy (non-hydrogen) atoms. The monoisotopic (exact) mass is 585 g/mol. The van der Waals surface area contributed by atoms with E-state index < -0.39 is 12.1 Å². The summed E-state index contributed by atoms with van der Waals surface area (Å²) in [4.78, 5) is 26.6. The summed E-state index contributed by atoms with van der Waals surface area (Å²) in [6, 6.07) is 15.9. The number of hydrogen-bond donors (Lipinski definition) is 3. The quantitative estimate of drug-likeness (QED) is 0.126. The number of carbonyl (C=O) groups is 2. The lowest BCUT2D eigenvalue weighted by molar-refractivity contribution is -0.192. The lowest BCUT2D eigenvalue weighted by atomic mass is 9.89. The molecule has 0 atom stereocenters. The third-order valence-electron chi connectivity index (χ3n) is 6.32. The van der Waals surface area contributed by atoms with Gasteiger partial charge in [-0.3, -0.25) is 4.99 Å². The van der Waals surface area contributed by atoms with Gasteiger partial charge >= 0.3 is 18.1 Å². The Hall–Kier alpha value is -4.38. The number of nitrogens with two attached hydrogens (primary N) is 1. The lowest BCUT2D eigenvalue weighted by Crippen LogP contribution is -2.21. The largest absolute Gasteiger partial charge is 0.490 e. The minimum Gasteiger partial charge on any atom is -0.475 e. The van der Waals surface area contributed by atoms with Crippen LogP contribution in [0.15, 0.2) is 57.9 Å². The van der Waals surface area contributed by atoms with Crippen LogP contribution in [-0.2, 0) is 9.53 Å². The van der Waals surface area contributed by atoms with Gasteiger partial charge in [-0.25, -0.2) is 9.59 Å². The van der Waals surface area contributed by atoms with Gasteiger partial charge in [0.2, 0.25) is 0 Å². The van der Waals surface area contributed by atoms with Gasteiger partial charge in [0.1, 0.15) is 11.3 Å². The van der Waals surface area contributed by atoms with Gasteiger partial charge in [0.15, 0.2) is 0 Å². The molecule has 0 amide bonds. The normalized spacial score (nSPS) is 11.8. The Morgan fingerprint density at radius 3 is 2.36 bits per heavy atom. The third kappa shape index (κ3) is 7.47. The highest BCUT2D eigenvalue weighted by Crippen LogP contribution is 2.43. The van der Waals surface area contributed by atoms with Gasteiger partial charge in [-0.15, -0.1) is 0 Å². The second-order valence-electron chi connectivity index (χ2n) is 9.41. The zero-order chi connectivity index (χ0) is 31.0. The fourth-order valence-corrected chi connectivity index (χ4v) is 4.41. The molecule has 0 saturated carbocycles. The number of esters is 1. The first-order valence-electron chi connectivity index (χ1n) is 13.5. The molecule has 4 N–H and O–H groups in total. The number of halogens is 3. The van der Waals surface area contributed by atoms with E-state index in [-0.39, 0.29) is 5.97 Å². The van der Waals surface area contributed by atoms with Gasteiger partial charge in [-0.05, 0) is 75.5 Å². The molecule has 1 aliphatic carbocycles. The first kappa shape index (κ1) is 32.1. The number of carboxylic acid groups (broad SMARTS) is 1. The highest BCUT2D eigenvalue weighted by molar-refractivity contribution is 6.08. The standard InChI is InChI=1S/C29H33N3O3.C2HF3O2/c1-5-31-24-16-26-22(14-18(24)3)28(23-15-19(4)25(32-6-2)17-27(23)35-26)20-10-7-8-11-21(20)29(33)34-13-9-12-30;3-2(4,5)1(6)7/h7-8,10-11,14-17,31H,5-6,9,12-13,30H2,1-4H3;(H,6,7). The number of fused-ring (bicyclic) bond motifs is 2. The van der Waals surface area contributed by atoms with Crippen molar-refractivity contribution in [2.24, 2.45) is 10.7 Å². The van der Waals surface area contributed by atoms with E-state index in [1.165, 1.54) is 0 Å². The SMILES string of the molecule is CCN=c1cc2oc3cc(NCC)c(C)cc3c(-c3ccccc3C(=O)OCCCN)c-2cc1C.O=C(O)C(F)(F)F. The van der Waals surface area contributed by atoms with Gasteiger partial charge in [-0.1, -0.05) is 18.2 Å². The lowest BCUT2D eigenvalue weighted by Gasteiger charge is -2.19. The molecule has 224 valence electrons. The topological polar surface area (TPSA) is 127 Å². The number of alkyl halides is 3. The Labute approximate surface area is 241 Å². The van der Waals surface area contributed by atoms with Crippen molar-refractivity contribution in [3.8, 4) is 22.5 Å². The molecule has 0 unspecified atom stereocenters. The molecule has 4 rings (SSSR count). The van der Waals surface area contributed by atoms with Crippen LogP contribution in [0, 0.1) is 13.8 Å². The molecule has 0 spiro atoms. The second kappa shape index (κ2) is 14.0. The molecule has 0 fully saturated rings. The highest BCUT2D eigenvalue weighted by atomic mass is 19.4. The number of carbonyl (C=O) groups excluding carboxylic acids is 1. The van der Waals surface area contributed by atoms with Crippen LogP contribution in [0.2, 0.25) is 0 Å². The fraction of sp³-hybridized carbons (Fsp3) is 0.323. The molecule has 1 aliphatic heterocycles. The Balaban J connectivity index is 0.000000616. The predicted octanol–water partition coefficient (Wildman–Crippen LogP) is 6.31. The first-order valence-corrected chi connectivity index (χ1v) is 13.5. The number of ether oxygens (including phenoxy) is 1. The van der Waals surface area contributed by atoms with E-state index >= 15 is 0 Å². The van der Waals surface area contributed by atoms with E-state index in [9.17, 15) is 18.0 Å². The third-order valence-corrected chi connectivity index (χ3v) is 6.32. The summed E-state index contributed by atoms with van der Waals surface area (Å²) in [5, 5.41) is 12.4. The number of rotatable bonds is 8. The van der Waals surface area contributed by atoms with Crippen molar-refractivity contribution < 1.29 is 37.0 Å². The Bertz CT molecular complexity index is 1610. The van der Waals surface area contributed by atoms with E-state index in [1.54, 1.807) is 0 Å². The summed E-state index contributed by atoms with van der Waals surface area (Å²) < 4.78 is 43.7. The van der Waals surface area contributed by atoms with E-state index in [0.717, 1.165) is 62.1 Å². The summed E-state index contributed by atoms with van der Waals surface area (Å²) in [5.41, 5.74) is 12.7. The maximum Gasteiger partial charge on any atom is 0.490 e. The van der Waals surface area contributed by atoms with Crippen molar-refractivity contribution in [1.29, 1.82) is 0 Å². The Morgan fingerprint density at radius 1 is 1.05 bits per heavy atom. The van der Waals surface area contributed by atoms with Crippen molar-refractivity contribution in [3.05, 3.63) is 70.6 Å². The molecule has 2 aliphatic rings. The molecular weight excluding hydrogens is 551 g/mol. The summed E-state index contributed by atoms with van der Waals surface area (Å²) in [6.45, 7) is 10.5. The Morgan fingerprint density at radius 2 is 1.74 bits per heavy atom. The highest BCUT2D eigenvalue weighted by Gasteiger charge is 2.38. The minimum absolute atomic E-state index is 0.293. The van der Waals surface area contributed by atoms with Gasteiger partial charge in [0, 0.05) is 47.4 Å². The zero-order valence-corrected chi connectivity index (χ0v) is 23.9. The molecule has 11 heteroatoms. The number of benzene rings is 3. The van der Waals surface area contributed by atoms with Crippen LogP contribution in [0.4, 0.5) is 18.9 Å². The Kier molecular flexibility index (Phi) is 10.7. The van der Waals surface area contributed by atoms with Crippen molar-refractivity contribution in [1.82, 2.24) is 0 Å². The molecule has 0 radical (unpaired) electrons. The maximum absolute atomic E-state index is 13.1. The summed E-state index contributed by atoms with van der Waals surface area (Å²) in [7, 11) is 0. The van der Waals surface area contributed by atoms with E-state index in [0.29, 0.717) is 31.7 Å². The summed E-state index contributed by atoms with van der Waals surface area (Å²) in [5.74, 6) is -2.39. The van der Waals surface area contributed by atoms with Crippen LogP contribution in [0.1, 0.15) is 41.8 Å². The number of aliphatic carboxylic acids is 1. The van der Waals surface area contributed by atoms with E-state index in [4.69, 9.17) is 24.8 Å². The van der Waals surface area contributed by atoms with Crippen LogP contribution in [-0.4, -0.2) is 49.5 Å². The number of aryl methyl sites for hydroxylation is 2. The van der Waals surface area contributed by atoms with Gasteiger partial charge < -0.3 is 25.3 Å². The first-order chi connectivity index (χ1) is 19.9. The molecule has 2 aromatic rings. The van der Waals surface area contributed by atoms with Crippen LogP contribution in [0.25, 0.3) is 33.4 Å². The molecule has 0 aromatic heterocycles. The van der Waals surface area contributed by atoms with Gasteiger partial charge in [-0.2, -0.15) is 13.2 Å². The predicted molar refractivity (Wildman–Crippen MR) is 156 cm³/mol. The van der Waals surface area contributed by atoms with Crippen molar-refractivity contribution in [3.63, 3.8) is 0 Å². The van der Waals surface area contributed by atoms with Crippen LogP contribution < -0.4 is 16.4 Å². The second-order valence-corrected chi connectivity index (χ2v) is 9.41. The average Bonchev–Trinajstić information content (AvgIpc) is 2.93. The minimum atomic E-state index is -5.08. The molecule has 0 bridgehead atoms. The molecule has 8 nitrogen and oxygen atoms in total. The van der Waals surface area contributed by atoms with E-state index in [2.05, 4.69) is 43.2 Å². The fourth-order valence-electron chi connectivity index (χ4n) is 4.41. The number of anilines is 1. The number of nitrogens with one attached hydrogen (secondary N) is 1. The van der Waals surface area contributed by atoms with Crippen LogP contribution >= 0.6 is 0 Å². The van der Waals surface area contributed by atoms with Crippen molar-refractivity contribution >= 4 is 28.6 Å². The van der Waals surface area contributed by atoms with Crippen LogP contribution in [0.5, 0.6) is 0 Å². The molecule has 2 aromatic carbocycles.